The number of nitrogens with zero attached hydrogens (tertiary/aromatic N) is 4. The average molecular weight is 305 g/mol. The number of para-hydroxylation sites is 1. The zero-order valence-corrected chi connectivity index (χ0v) is 13.3. The van der Waals surface area contributed by atoms with Gasteiger partial charge in [-0.3, -0.25) is 9.88 Å². The van der Waals surface area contributed by atoms with Crippen molar-refractivity contribution >= 4 is 5.82 Å². The maximum Gasteiger partial charge on any atom is 0.130 e. The number of benzene rings is 1. The van der Waals surface area contributed by atoms with Gasteiger partial charge in [0, 0.05) is 30.4 Å². The van der Waals surface area contributed by atoms with Crippen LogP contribution in [0.15, 0.2) is 42.6 Å². The molecule has 4 rings (SSSR count). The van der Waals surface area contributed by atoms with Crippen molar-refractivity contribution in [1.29, 1.82) is 0 Å². The van der Waals surface area contributed by atoms with E-state index in [1.165, 1.54) is 5.56 Å². The van der Waals surface area contributed by atoms with Gasteiger partial charge < -0.3 is 5.73 Å². The highest BCUT2D eigenvalue weighted by atomic mass is 15.3. The molecule has 0 saturated heterocycles. The van der Waals surface area contributed by atoms with Crippen molar-refractivity contribution in [3.63, 3.8) is 0 Å². The fourth-order valence-electron chi connectivity index (χ4n) is 3.10. The fraction of sp³-hybridized carbons (Fsp3) is 0.222. The van der Waals surface area contributed by atoms with Gasteiger partial charge in [-0.1, -0.05) is 18.2 Å². The van der Waals surface area contributed by atoms with Crippen LogP contribution in [0.25, 0.3) is 16.9 Å². The van der Waals surface area contributed by atoms with E-state index in [1.807, 2.05) is 43.5 Å². The van der Waals surface area contributed by atoms with Crippen LogP contribution < -0.4 is 5.73 Å². The van der Waals surface area contributed by atoms with E-state index in [0.717, 1.165) is 41.3 Å². The molecule has 5 nitrogen and oxygen atoms in total. The Morgan fingerprint density at radius 3 is 2.70 bits per heavy atom. The van der Waals surface area contributed by atoms with Crippen molar-refractivity contribution < 1.29 is 0 Å². The van der Waals surface area contributed by atoms with Crippen molar-refractivity contribution in [2.75, 3.05) is 12.8 Å². The Hall–Kier alpha value is -2.66. The Morgan fingerprint density at radius 1 is 1.13 bits per heavy atom. The van der Waals surface area contributed by atoms with Gasteiger partial charge in [0.2, 0.25) is 0 Å². The molecule has 2 aromatic heterocycles. The molecule has 3 heterocycles. The zero-order valence-electron chi connectivity index (χ0n) is 13.3. The van der Waals surface area contributed by atoms with Crippen LogP contribution in [0.1, 0.15) is 16.8 Å². The first-order valence-corrected chi connectivity index (χ1v) is 7.70. The third-order valence-electron chi connectivity index (χ3n) is 4.36. The predicted molar refractivity (Wildman–Crippen MR) is 91.1 cm³/mol. The summed E-state index contributed by atoms with van der Waals surface area (Å²) in [5, 5.41) is 4.73. The molecule has 0 aliphatic carbocycles. The van der Waals surface area contributed by atoms with Gasteiger partial charge in [0.1, 0.15) is 5.82 Å². The molecule has 116 valence electrons. The van der Waals surface area contributed by atoms with Gasteiger partial charge in [0.15, 0.2) is 0 Å². The van der Waals surface area contributed by atoms with Gasteiger partial charge in [-0.05, 0) is 37.7 Å². The monoisotopic (exact) mass is 305 g/mol. The van der Waals surface area contributed by atoms with Gasteiger partial charge in [0.05, 0.1) is 17.1 Å². The molecule has 0 saturated carbocycles. The SMILES string of the molecule is Cc1c(-c2cnc3c(c2)CN(C)C3)nn(-c2ccccc2)c1N. The van der Waals surface area contributed by atoms with Crippen LogP contribution >= 0.6 is 0 Å². The van der Waals surface area contributed by atoms with E-state index in [-0.39, 0.29) is 0 Å². The second-order valence-electron chi connectivity index (χ2n) is 6.11. The lowest BCUT2D eigenvalue weighted by Crippen LogP contribution is -2.07. The first-order valence-electron chi connectivity index (χ1n) is 7.70. The van der Waals surface area contributed by atoms with E-state index in [2.05, 4.69) is 23.0 Å². The van der Waals surface area contributed by atoms with Crippen LogP contribution in [0.3, 0.4) is 0 Å². The summed E-state index contributed by atoms with van der Waals surface area (Å²) in [6.45, 7) is 3.86. The number of fused-ring (bicyclic) bond motifs is 1. The van der Waals surface area contributed by atoms with Crippen molar-refractivity contribution in [2.24, 2.45) is 0 Å². The molecule has 0 fully saturated rings. The molecule has 2 N–H and O–H groups in total. The Balaban J connectivity index is 1.80. The quantitative estimate of drug-likeness (QED) is 0.791. The minimum absolute atomic E-state index is 0.670. The van der Waals surface area contributed by atoms with E-state index in [9.17, 15) is 0 Å². The lowest BCUT2D eigenvalue weighted by atomic mass is 10.1. The summed E-state index contributed by atoms with van der Waals surface area (Å²) in [5.74, 6) is 0.670. The maximum atomic E-state index is 6.28. The van der Waals surface area contributed by atoms with Crippen LogP contribution in [0.5, 0.6) is 0 Å². The standard InChI is InChI=1S/C18H19N5/c1-12-17(13-8-14-10-22(2)11-16(14)20-9-13)21-23(18(12)19)15-6-4-3-5-7-15/h3-9H,10-11,19H2,1-2H3. The number of nitrogen functional groups attached to an aromatic ring is 1. The van der Waals surface area contributed by atoms with E-state index >= 15 is 0 Å². The van der Waals surface area contributed by atoms with Crippen LogP contribution in [-0.4, -0.2) is 26.7 Å². The molecule has 5 heteroatoms. The minimum Gasteiger partial charge on any atom is -0.383 e. The summed E-state index contributed by atoms with van der Waals surface area (Å²) in [6.07, 6.45) is 1.90. The summed E-state index contributed by atoms with van der Waals surface area (Å²) < 4.78 is 1.80. The topological polar surface area (TPSA) is 60.0 Å². The van der Waals surface area contributed by atoms with Crippen LogP contribution in [-0.2, 0) is 13.1 Å². The first kappa shape index (κ1) is 14.0. The number of rotatable bonds is 2. The van der Waals surface area contributed by atoms with Crippen molar-refractivity contribution in [3.8, 4) is 16.9 Å². The van der Waals surface area contributed by atoms with Crippen LogP contribution in [0.4, 0.5) is 5.82 Å². The molecule has 1 aromatic carbocycles. The third-order valence-corrected chi connectivity index (χ3v) is 4.36. The fourth-order valence-corrected chi connectivity index (χ4v) is 3.10. The van der Waals surface area contributed by atoms with Gasteiger partial charge in [0.25, 0.3) is 0 Å². The first-order chi connectivity index (χ1) is 11.1. The largest absolute Gasteiger partial charge is 0.383 e. The van der Waals surface area contributed by atoms with Gasteiger partial charge in [-0.2, -0.15) is 5.10 Å². The van der Waals surface area contributed by atoms with Crippen LogP contribution in [0.2, 0.25) is 0 Å². The molecule has 0 unspecified atom stereocenters. The highest BCUT2D eigenvalue weighted by Gasteiger charge is 2.20. The third kappa shape index (κ3) is 2.29. The molecule has 0 bridgehead atoms. The molecular weight excluding hydrogens is 286 g/mol. The van der Waals surface area contributed by atoms with Gasteiger partial charge in [-0.15, -0.1) is 0 Å². The molecule has 0 atom stereocenters. The lowest BCUT2D eigenvalue weighted by molar-refractivity contribution is 0.351. The van der Waals surface area contributed by atoms with Gasteiger partial charge in [-0.25, -0.2) is 4.68 Å². The van der Waals surface area contributed by atoms with E-state index in [1.54, 1.807) is 4.68 Å². The molecule has 0 spiro atoms. The molecular formula is C18H19N5. The summed E-state index contributed by atoms with van der Waals surface area (Å²) in [6, 6.07) is 12.1. The van der Waals surface area contributed by atoms with Crippen molar-refractivity contribution in [3.05, 3.63) is 59.4 Å². The lowest BCUT2D eigenvalue weighted by Gasteiger charge is -2.03. The second-order valence-corrected chi connectivity index (χ2v) is 6.11. The Bertz CT molecular complexity index is 867. The van der Waals surface area contributed by atoms with E-state index in [4.69, 9.17) is 10.8 Å². The highest BCUT2D eigenvalue weighted by molar-refractivity contribution is 5.69. The molecule has 0 radical (unpaired) electrons. The number of hydrogen-bond acceptors (Lipinski definition) is 4. The van der Waals surface area contributed by atoms with Crippen molar-refractivity contribution in [1.82, 2.24) is 19.7 Å². The number of pyridine rings is 1. The van der Waals surface area contributed by atoms with Gasteiger partial charge >= 0.3 is 0 Å². The van der Waals surface area contributed by atoms with E-state index < -0.39 is 0 Å². The molecule has 3 aromatic rings. The molecule has 23 heavy (non-hydrogen) atoms. The number of nitrogens with two attached hydrogens (primary N) is 1. The highest BCUT2D eigenvalue weighted by Crippen LogP contribution is 2.30. The molecule has 1 aliphatic heterocycles. The second kappa shape index (κ2) is 5.21. The summed E-state index contributed by atoms with van der Waals surface area (Å²) >= 11 is 0. The Labute approximate surface area is 135 Å². The number of aromatic nitrogens is 3. The maximum absolute atomic E-state index is 6.28. The summed E-state index contributed by atoms with van der Waals surface area (Å²) in [4.78, 5) is 6.86. The van der Waals surface area contributed by atoms with E-state index in [0.29, 0.717) is 5.82 Å². The smallest absolute Gasteiger partial charge is 0.130 e. The summed E-state index contributed by atoms with van der Waals surface area (Å²) in [5.41, 5.74) is 12.6. The average Bonchev–Trinajstić information content (AvgIpc) is 3.07. The number of anilines is 1. The Kier molecular flexibility index (Phi) is 3.16. The predicted octanol–water partition coefficient (Wildman–Crippen LogP) is 2.77. The molecule has 0 amide bonds. The minimum atomic E-state index is 0.670. The normalized spacial score (nSPS) is 14.2. The zero-order chi connectivity index (χ0) is 16.0. The Morgan fingerprint density at radius 2 is 1.91 bits per heavy atom. The van der Waals surface area contributed by atoms with Crippen LogP contribution in [0, 0.1) is 6.92 Å². The molecule has 1 aliphatic rings. The van der Waals surface area contributed by atoms with Crippen molar-refractivity contribution in [2.45, 2.75) is 20.0 Å². The number of hydrogen-bond donors (Lipinski definition) is 1. The summed E-state index contributed by atoms with van der Waals surface area (Å²) in [7, 11) is 2.11.